The SMILES string of the molecule is CC(=O)N(CCCc1ccccc1)CC(=O)N1CCCCC1. The van der Waals surface area contributed by atoms with Crippen molar-refractivity contribution in [2.75, 3.05) is 26.2 Å². The summed E-state index contributed by atoms with van der Waals surface area (Å²) in [6.07, 6.45) is 5.19. The Morgan fingerprint density at radius 3 is 2.41 bits per heavy atom. The first-order valence-electron chi connectivity index (χ1n) is 8.24. The van der Waals surface area contributed by atoms with E-state index < -0.39 is 0 Å². The van der Waals surface area contributed by atoms with Crippen LogP contribution in [0.1, 0.15) is 38.2 Å². The van der Waals surface area contributed by atoms with Crippen molar-refractivity contribution in [2.24, 2.45) is 0 Å². The van der Waals surface area contributed by atoms with Crippen molar-refractivity contribution in [1.82, 2.24) is 9.80 Å². The molecule has 1 saturated heterocycles. The summed E-state index contributed by atoms with van der Waals surface area (Å²) in [7, 11) is 0. The number of likely N-dealkylation sites (tertiary alicyclic amines) is 1. The Kier molecular flexibility index (Phi) is 6.44. The van der Waals surface area contributed by atoms with Gasteiger partial charge in [-0.1, -0.05) is 30.3 Å². The highest BCUT2D eigenvalue weighted by Gasteiger charge is 2.20. The number of piperidine rings is 1. The Hall–Kier alpha value is -1.84. The quantitative estimate of drug-likeness (QED) is 0.810. The van der Waals surface area contributed by atoms with Crippen LogP contribution in [0.15, 0.2) is 30.3 Å². The lowest BCUT2D eigenvalue weighted by Crippen LogP contribution is -2.44. The molecule has 0 N–H and O–H groups in total. The number of rotatable bonds is 6. The monoisotopic (exact) mass is 302 g/mol. The molecule has 0 radical (unpaired) electrons. The zero-order valence-corrected chi connectivity index (χ0v) is 13.5. The molecule has 0 spiro atoms. The van der Waals surface area contributed by atoms with Gasteiger partial charge in [0.25, 0.3) is 0 Å². The van der Waals surface area contributed by atoms with Gasteiger partial charge in [-0.2, -0.15) is 0 Å². The van der Waals surface area contributed by atoms with Crippen LogP contribution in [0.2, 0.25) is 0 Å². The molecule has 1 aromatic carbocycles. The van der Waals surface area contributed by atoms with E-state index in [1.807, 2.05) is 23.1 Å². The molecular formula is C18H26N2O2. The molecule has 4 heteroatoms. The lowest BCUT2D eigenvalue weighted by Gasteiger charge is -2.29. The Morgan fingerprint density at radius 1 is 1.09 bits per heavy atom. The van der Waals surface area contributed by atoms with Gasteiger partial charge in [-0.3, -0.25) is 9.59 Å². The number of hydrogen-bond donors (Lipinski definition) is 0. The molecule has 1 aliphatic heterocycles. The molecule has 2 amide bonds. The highest BCUT2D eigenvalue weighted by Crippen LogP contribution is 2.10. The third-order valence-electron chi connectivity index (χ3n) is 4.22. The van der Waals surface area contributed by atoms with E-state index in [9.17, 15) is 9.59 Å². The molecule has 0 unspecified atom stereocenters. The van der Waals surface area contributed by atoms with E-state index in [2.05, 4.69) is 12.1 Å². The number of nitrogens with zero attached hydrogens (tertiary/aromatic N) is 2. The number of benzene rings is 1. The fourth-order valence-electron chi connectivity index (χ4n) is 2.87. The predicted octanol–water partition coefficient (Wildman–Crippen LogP) is 2.48. The van der Waals surface area contributed by atoms with Crippen molar-refractivity contribution in [1.29, 1.82) is 0 Å². The van der Waals surface area contributed by atoms with Crippen LogP contribution in [-0.4, -0.2) is 47.8 Å². The third-order valence-corrected chi connectivity index (χ3v) is 4.22. The first kappa shape index (κ1) is 16.5. The van der Waals surface area contributed by atoms with Gasteiger partial charge in [0.05, 0.1) is 6.54 Å². The summed E-state index contributed by atoms with van der Waals surface area (Å²) in [6.45, 7) is 4.10. The normalized spacial score (nSPS) is 14.7. The van der Waals surface area contributed by atoms with E-state index in [1.165, 1.54) is 12.0 Å². The van der Waals surface area contributed by atoms with Crippen LogP contribution in [0.25, 0.3) is 0 Å². The summed E-state index contributed by atoms with van der Waals surface area (Å²) in [5, 5.41) is 0. The Balaban J connectivity index is 1.79. The van der Waals surface area contributed by atoms with E-state index in [4.69, 9.17) is 0 Å². The molecule has 1 aromatic rings. The highest BCUT2D eigenvalue weighted by molar-refractivity contribution is 5.83. The van der Waals surface area contributed by atoms with Gasteiger partial charge in [0.15, 0.2) is 0 Å². The van der Waals surface area contributed by atoms with Gasteiger partial charge in [0.2, 0.25) is 11.8 Å². The maximum atomic E-state index is 12.3. The minimum atomic E-state index is -0.0154. The van der Waals surface area contributed by atoms with Gasteiger partial charge in [-0.05, 0) is 37.7 Å². The van der Waals surface area contributed by atoms with Crippen molar-refractivity contribution in [3.63, 3.8) is 0 Å². The first-order valence-corrected chi connectivity index (χ1v) is 8.24. The zero-order chi connectivity index (χ0) is 15.8. The van der Waals surface area contributed by atoms with Gasteiger partial charge >= 0.3 is 0 Å². The molecule has 0 aliphatic carbocycles. The van der Waals surface area contributed by atoms with E-state index >= 15 is 0 Å². The van der Waals surface area contributed by atoms with Crippen LogP contribution >= 0.6 is 0 Å². The fourth-order valence-corrected chi connectivity index (χ4v) is 2.87. The molecule has 4 nitrogen and oxygen atoms in total. The van der Waals surface area contributed by atoms with Gasteiger partial charge in [-0.25, -0.2) is 0 Å². The molecule has 2 rings (SSSR count). The van der Waals surface area contributed by atoms with E-state index in [1.54, 1.807) is 11.8 Å². The molecule has 120 valence electrons. The molecule has 0 atom stereocenters. The van der Waals surface area contributed by atoms with Crippen molar-refractivity contribution < 1.29 is 9.59 Å². The van der Waals surface area contributed by atoms with Crippen molar-refractivity contribution in [3.8, 4) is 0 Å². The van der Waals surface area contributed by atoms with Crippen LogP contribution in [0.4, 0.5) is 0 Å². The summed E-state index contributed by atoms with van der Waals surface area (Å²) in [4.78, 5) is 27.6. The lowest BCUT2D eigenvalue weighted by atomic mass is 10.1. The molecule has 1 fully saturated rings. The Bertz CT molecular complexity index is 481. The fraction of sp³-hybridized carbons (Fsp3) is 0.556. The van der Waals surface area contributed by atoms with Gasteiger partial charge in [-0.15, -0.1) is 0 Å². The Morgan fingerprint density at radius 2 is 1.77 bits per heavy atom. The second-order valence-electron chi connectivity index (χ2n) is 5.97. The average Bonchev–Trinajstić information content (AvgIpc) is 2.55. The number of carbonyl (C=O) groups is 2. The Labute approximate surface area is 133 Å². The number of carbonyl (C=O) groups excluding carboxylic acids is 2. The maximum absolute atomic E-state index is 12.3. The standard InChI is InChI=1S/C18H26N2O2/c1-16(21)20(14-8-11-17-9-4-2-5-10-17)15-18(22)19-12-6-3-7-13-19/h2,4-5,9-10H,3,6-8,11-15H2,1H3. The van der Waals surface area contributed by atoms with Crippen LogP contribution in [0.5, 0.6) is 0 Å². The second-order valence-corrected chi connectivity index (χ2v) is 5.97. The maximum Gasteiger partial charge on any atom is 0.242 e. The number of hydrogen-bond acceptors (Lipinski definition) is 2. The molecule has 1 heterocycles. The minimum Gasteiger partial charge on any atom is -0.341 e. The molecule has 0 bridgehead atoms. The molecular weight excluding hydrogens is 276 g/mol. The first-order chi connectivity index (χ1) is 10.7. The molecule has 1 aliphatic rings. The van der Waals surface area contributed by atoms with E-state index in [0.717, 1.165) is 38.8 Å². The van der Waals surface area contributed by atoms with E-state index in [0.29, 0.717) is 6.54 Å². The smallest absolute Gasteiger partial charge is 0.242 e. The molecule has 0 saturated carbocycles. The molecule has 0 aromatic heterocycles. The lowest BCUT2D eigenvalue weighted by molar-refractivity contribution is -0.140. The van der Waals surface area contributed by atoms with Crippen molar-refractivity contribution >= 4 is 11.8 Å². The van der Waals surface area contributed by atoms with Crippen LogP contribution in [0.3, 0.4) is 0 Å². The molecule has 22 heavy (non-hydrogen) atoms. The third kappa shape index (κ3) is 5.17. The summed E-state index contributed by atoms with van der Waals surface area (Å²) in [5.41, 5.74) is 1.27. The van der Waals surface area contributed by atoms with Crippen LogP contribution in [-0.2, 0) is 16.0 Å². The number of aryl methyl sites for hydroxylation is 1. The topological polar surface area (TPSA) is 40.6 Å². The zero-order valence-electron chi connectivity index (χ0n) is 13.5. The summed E-state index contributed by atoms with van der Waals surface area (Å²) in [5.74, 6) is 0.0769. The number of amides is 2. The predicted molar refractivity (Wildman–Crippen MR) is 87.4 cm³/mol. The van der Waals surface area contributed by atoms with Gasteiger partial charge in [0.1, 0.15) is 0 Å². The van der Waals surface area contributed by atoms with Gasteiger partial charge in [0, 0.05) is 26.6 Å². The van der Waals surface area contributed by atoms with Crippen LogP contribution in [0, 0.1) is 0 Å². The van der Waals surface area contributed by atoms with Crippen molar-refractivity contribution in [3.05, 3.63) is 35.9 Å². The van der Waals surface area contributed by atoms with Crippen molar-refractivity contribution in [2.45, 2.75) is 39.0 Å². The summed E-state index contributed by atoms with van der Waals surface area (Å²) < 4.78 is 0. The minimum absolute atomic E-state index is 0.0154. The van der Waals surface area contributed by atoms with Crippen LogP contribution < -0.4 is 0 Å². The largest absolute Gasteiger partial charge is 0.341 e. The second kappa shape index (κ2) is 8.57. The van der Waals surface area contributed by atoms with E-state index in [-0.39, 0.29) is 18.4 Å². The summed E-state index contributed by atoms with van der Waals surface area (Å²) in [6, 6.07) is 10.2. The summed E-state index contributed by atoms with van der Waals surface area (Å²) >= 11 is 0. The highest BCUT2D eigenvalue weighted by atomic mass is 16.2. The van der Waals surface area contributed by atoms with Gasteiger partial charge < -0.3 is 9.80 Å². The average molecular weight is 302 g/mol.